The number of sulfonamides is 1. The Morgan fingerprint density at radius 2 is 2.14 bits per heavy atom. The maximum atomic E-state index is 14.1. The van der Waals surface area contributed by atoms with E-state index in [9.17, 15) is 12.8 Å². The van der Waals surface area contributed by atoms with E-state index < -0.39 is 27.3 Å². The van der Waals surface area contributed by atoms with Crippen LogP contribution in [0, 0.1) is 12.7 Å². The standard InChI is InChI=1S/C13H12ClFN2O3S/c1-8-11(3-2-4-16-8)17-21(19,20)12-6-10(14)5-9(7-18)13(12)15/h2-6,17-18H,7H2,1H3. The molecule has 0 fully saturated rings. The third kappa shape index (κ3) is 3.31. The van der Waals surface area contributed by atoms with Crippen LogP contribution in [0.2, 0.25) is 5.02 Å². The molecule has 0 saturated heterocycles. The lowest BCUT2D eigenvalue weighted by atomic mass is 10.2. The van der Waals surface area contributed by atoms with E-state index in [1.165, 1.54) is 18.3 Å². The van der Waals surface area contributed by atoms with Crippen LogP contribution in [0.1, 0.15) is 11.3 Å². The van der Waals surface area contributed by atoms with Crippen LogP contribution in [0.5, 0.6) is 0 Å². The minimum atomic E-state index is -4.18. The van der Waals surface area contributed by atoms with Gasteiger partial charge in [0.25, 0.3) is 10.0 Å². The van der Waals surface area contributed by atoms with Gasteiger partial charge in [-0.1, -0.05) is 11.6 Å². The third-order valence-electron chi connectivity index (χ3n) is 2.79. The van der Waals surface area contributed by atoms with Crippen LogP contribution in [0.25, 0.3) is 0 Å². The van der Waals surface area contributed by atoms with Gasteiger partial charge in [0.15, 0.2) is 0 Å². The summed E-state index contributed by atoms with van der Waals surface area (Å²) in [5.74, 6) is -1.03. The zero-order valence-corrected chi connectivity index (χ0v) is 12.5. The summed E-state index contributed by atoms with van der Waals surface area (Å²) in [7, 11) is -4.18. The number of nitrogens with zero attached hydrogens (tertiary/aromatic N) is 1. The van der Waals surface area contributed by atoms with Gasteiger partial charge in [-0.15, -0.1) is 0 Å². The first-order valence-electron chi connectivity index (χ1n) is 5.88. The quantitative estimate of drug-likeness (QED) is 0.902. The lowest BCUT2D eigenvalue weighted by Crippen LogP contribution is -2.16. The van der Waals surface area contributed by atoms with Crippen LogP contribution >= 0.6 is 11.6 Å². The van der Waals surface area contributed by atoms with E-state index in [4.69, 9.17) is 16.7 Å². The molecule has 0 unspecified atom stereocenters. The Hall–Kier alpha value is -1.70. The average molecular weight is 331 g/mol. The Balaban J connectivity index is 2.50. The molecule has 21 heavy (non-hydrogen) atoms. The zero-order chi connectivity index (χ0) is 15.6. The predicted octanol–water partition coefficient (Wildman–Crippen LogP) is 2.48. The highest BCUT2D eigenvalue weighted by atomic mass is 35.5. The molecular formula is C13H12ClFN2O3S. The molecule has 0 atom stereocenters. The SMILES string of the molecule is Cc1ncccc1NS(=O)(=O)c1cc(Cl)cc(CO)c1F. The van der Waals surface area contributed by atoms with Gasteiger partial charge in [-0.2, -0.15) is 0 Å². The minimum Gasteiger partial charge on any atom is -0.392 e. The summed E-state index contributed by atoms with van der Waals surface area (Å²) < 4.78 is 40.9. The molecular weight excluding hydrogens is 319 g/mol. The number of rotatable bonds is 4. The van der Waals surface area contributed by atoms with E-state index in [0.29, 0.717) is 5.69 Å². The molecule has 0 amide bonds. The first kappa shape index (κ1) is 15.7. The Labute approximate surface area is 126 Å². The Morgan fingerprint density at radius 3 is 2.76 bits per heavy atom. The van der Waals surface area contributed by atoms with Gasteiger partial charge in [-0.25, -0.2) is 12.8 Å². The van der Waals surface area contributed by atoms with Crippen molar-refractivity contribution in [2.24, 2.45) is 0 Å². The number of aryl methyl sites for hydroxylation is 1. The maximum absolute atomic E-state index is 14.1. The number of nitrogens with one attached hydrogen (secondary N) is 1. The number of aliphatic hydroxyl groups excluding tert-OH is 1. The van der Waals surface area contributed by atoms with Crippen LogP contribution < -0.4 is 4.72 Å². The molecule has 1 heterocycles. The summed E-state index contributed by atoms with van der Waals surface area (Å²) in [6, 6.07) is 5.23. The summed E-state index contributed by atoms with van der Waals surface area (Å²) >= 11 is 5.76. The van der Waals surface area contributed by atoms with Gasteiger partial charge in [-0.05, 0) is 31.2 Å². The number of pyridine rings is 1. The van der Waals surface area contributed by atoms with Gasteiger partial charge in [0.1, 0.15) is 10.7 Å². The van der Waals surface area contributed by atoms with Crippen LogP contribution in [0.3, 0.4) is 0 Å². The van der Waals surface area contributed by atoms with E-state index in [-0.39, 0.29) is 16.3 Å². The van der Waals surface area contributed by atoms with E-state index in [1.54, 1.807) is 13.0 Å². The highest BCUT2D eigenvalue weighted by Gasteiger charge is 2.23. The first-order valence-corrected chi connectivity index (χ1v) is 7.74. The molecule has 0 aliphatic carbocycles. The van der Waals surface area contributed by atoms with Crippen molar-refractivity contribution in [1.29, 1.82) is 0 Å². The van der Waals surface area contributed by atoms with Gasteiger partial charge in [0.05, 0.1) is 18.0 Å². The molecule has 1 aromatic heterocycles. The summed E-state index contributed by atoms with van der Waals surface area (Å²) in [6.45, 7) is 0.964. The van der Waals surface area contributed by atoms with Crippen LogP contribution in [-0.4, -0.2) is 18.5 Å². The van der Waals surface area contributed by atoms with Crippen molar-refractivity contribution in [2.45, 2.75) is 18.4 Å². The third-order valence-corrected chi connectivity index (χ3v) is 4.37. The van der Waals surface area contributed by atoms with E-state index in [1.807, 2.05) is 0 Å². The fourth-order valence-corrected chi connectivity index (χ4v) is 3.29. The molecule has 0 spiro atoms. The number of benzene rings is 1. The summed E-state index contributed by atoms with van der Waals surface area (Å²) in [5, 5.41) is 9.06. The number of aromatic nitrogens is 1. The van der Waals surface area contributed by atoms with Gasteiger partial charge in [-0.3, -0.25) is 9.71 Å². The number of hydrogen-bond donors (Lipinski definition) is 2. The molecule has 2 N–H and O–H groups in total. The van der Waals surface area contributed by atoms with Crippen molar-refractivity contribution in [2.75, 3.05) is 4.72 Å². The van der Waals surface area contributed by atoms with Crippen molar-refractivity contribution in [1.82, 2.24) is 4.98 Å². The molecule has 0 saturated carbocycles. The normalized spacial score (nSPS) is 11.4. The highest BCUT2D eigenvalue weighted by molar-refractivity contribution is 7.92. The van der Waals surface area contributed by atoms with Crippen molar-refractivity contribution in [3.63, 3.8) is 0 Å². The summed E-state index contributed by atoms with van der Waals surface area (Å²) in [5.41, 5.74) is 0.499. The fraction of sp³-hybridized carbons (Fsp3) is 0.154. The predicted molar refractivity (Wildman–Crippen MR) is 77.1 cm³/mol. The molecule has 5 nitrogen and oxygen atoms in total. The molecule has 0 bridgehead atoms. The van der Waals surface area contributed by atoms with Crippen molar-refractivity contribution in [3.05, 3.63) is 52.6 Å². The van der Waals surface area contributed by atoms with Crippen LogP contribution in [0.15, 0.2) is 35.4 Å². The first-order chi connectivity index (χ1) is 9.85. The lowest BCUT2D eigenvalue weighted by Gasteiger charge is -2.12. The number of halogens is 2. The molecule has 0 aliphatic rings. The molecule has 112 valence electrons. The van der Waals surface area contributed by atoms with Gasteiger partial charge < -0.3 is 5.11 Å². The molecule has 2 rings (SSSR count). The maximum Gasteiger partial charge on any atom is 0.264 e. The molecule has 0 aliphatic heterocycles. The molecule has 8 heteroatoms. The van der Waals surface area contributed by atoms with Crippen molar-refractivity contribution in [3.8, 4) is 0 Å². The average Bonchev–Trinajstić information content (AvgIpc) is 2.43. The Bertz CT molecular complexity index is 781. The Kier molecular flexibility index (Phi) is 4.46. The fourth-order valence-electron chi connectivity index (χ4n) is 1.72. The van der Waals surface area contributed by atoms with E-state index >= 15 is 0 Å². The van der Waals surface area contributed by atoms with Crippen molar-refractivity contribution >= 4 is 27.3 Å². The minimum absolute atomic E-state index is 0.0173. The second-order valence-electron chi connectivity index (χ2n) is 4.28. The van der Waals surface area contributed by atoms with E-state index in [0.717, 1.165) is 6.07 Å². The number of hydrogen-bond acceptors (Lipinski definition) is 4. The molecule has 0 radical (unpaired) electrons. The molecule has 1 aromatic carbocycles. The van der Waals surface area contributed by atoms with Gasteiger partial charge in [0.2, 0.25) is 0 Å². The highest BCUT2D eigenvalue weighted by Crippen LogP contribution is 2.26. The largest absolute Gasteiger partial charge is 0.392 e. The van der Waals surface area contributed by atoms with Crippen molar-refractivity contribution < 1.29 is 17.9 Å². The number of anilines is 1. The van der Waals surface area contributed by atoms with Crippen LogP contribution in [-0.2, 0) is 16.6 Å². The smallest absolute Gasteiger partial charge is 0.264 e. The monoisotopic (exact) mass is 330 g/mol. The lowest BCUT2D eigenvalue weighted by molar-refractivity contribution is 0.274. The van der Waals surface area contributed by atoms with Gasteiger partial charge in [0, 0.05) is 16.8 Å². The topological polar surface area (TPSA) is 79.3 Å². The second-order valence-corrected chi connectivity index (χ2v) is 6.36. The second kappa shape index (κ2) is 5.97. The summed E-state index contributed by atoms with van der Waals surface area (Å²) in [4.78, 5) is 3.32. The molecule has 2 aromatic rings. The number of aliphatic hydroxyl groups is 1. The Morgan fingerprint density at radius 1 is 1.43 bits per heavy atom. The van der Waals surface area contributed by atoms with E-state index in [2.05, 4.69) is 9.71 Å². The van der Waals surface area contributed by atoms with Crippen LogP contribution in [0.4, 0.5) is 10.1 Å². The summed E-state index contributed by atoms with van der Waals surface area (Å²) in [6.07, 6.45) is 1.51. The zero-order valence-electron chi connectivity index (χ0n) is 11.0. The van der Waals surface area contributed by atoms with Gasteiger partial charge >= 0.3 is 0 Å².